The van der Waals surface area contributed by atoms with Crippen LogP contribution in [0.3, 0.4) is 0 Å². The van der Waals surface area contributed by atoms with E-state index in [4.69, 9.17) is 9.15 Å². The molecular weight excluding hydrogens is 296 g/mol. The van der Waals surface area contributed by atoms with Crippen LogP contribution >= 0.6 is 0 Å². The summed E-state index contributed by atoms with van der Waals surface area (Å²) in [6.07, 6.45) is 3.53. The fourth-order valence-electron chi connectivity index (χ4n) is 2.54. The third kappa shape index (κ3) is 4.29. The van der Waals surface area contributed by atoms with Crippen molar-refractivity contribution in [3.05, 3.63) is 42.1 Å². The Hall–Kier alpha value is -2.41. The SMILES string of the molecule is CC(=O)OCc1ccc(CN2CCN(c3ncccn3)CC2)o1. The predicted octanol–water partition coefficient (Wildman–Crippen LogP) is 1.45. The minimum atomic E-state index is -0.304. The number of piperazine rings is 1. The van der Waals surface area contributed by atoms with E-state index in [1.165, 1.54) is 6.92 Å². The van der Waals surface area contributed by atoms with E-state index in [2.05, 4.69) is 19.8 Å². The average Bonchev–Trinajstić information content (AvgIpc) is 3.02. The molecule has 7 heteroatoms. The van der Waals surface area contributed by atoms with E-state index in [9.17, 15) is 4.79 Å². The van der Waals surface area contributed by atoms with Crippen molar-refractivity contribution in [3.8, 4) is 0 Å². The van der Waals surface area contributed by atoms with Gasteiger partial charge in [-0.1, -0.05) is 0 Å². The third-order valence-corrected chi connectivity index (χ3v) is 3.72. The van der Waals surface area contributed by atoms with Gasteiger partial charge in [0.2, 0.25) is 5.95 Å². The highest BCUT2D eigenvalue weighted by molar-refractivity contribution is 5.65. The van der Waals surface area contributed by atoms with E-state index in [-0.39, 0.29) is 12.6 Å². The van der Waals surface area contributed by atoms with Crippen LogP contribution in [0.15, 0.2) is 35.0 Å². The maximum atomic E-state index is 10.8. The summed E-state index contributed by atoms with van der Waals surface area (Å²) in [5.74, 6) is 2.04. The van der Waals surface area contributed by atoms with Gasteiger partial charge in [-0.3, -0.25) is 9.69 Å². The van der Waals surface area contributed by atoms with E-state index in [1.54, 1.807) is 12.4 Å². The minimum absolute atomic E-state index is 0.189. The van der Waals surface area contributed by atoms with Gasteiger partial charge in [-0.15, -0.1) is 0 Å². The average molecular weight is 316 g/mol. The molecule has 1 aliphatic heterocycles. The normalized spacial score (nSPS) is 15.6. The molecule has 0 unspecified atom stereocenters. The van der Waals surface area contributed by atoms with Crippen molar-refractivity contribution < 1.29 is 13.9 Å². The van der Waals surface area contributed by atoms with Crippen LogP contribution in [0.2, 0.25) is 0 Å². The number of carbonyl (C=O) groups excluding carboxylic acids is 1. The van der Waals surface area contributed by atoms with Gasteiger partial charge in [0.05, 0.1) is 6.54 Å². The van der Waals surface area contributed by atoms with Crippen molar-refractivity contribution in [2.75, 3.05) is 31.1 Å². The molecule has 1 aliphatic rings. The predicted molar refractivity (Wildman–Crippen MR) is 83.7 cm³/mol. The molecule has 0 amide bonds. The lowest BCUT2D eigenvalue weighted by molar-refractivity contribution is -0.142. The number of carbonyl (C=O) groups is 1. The Kier molecular flexibility index (Phi) is 4.87. The molecule has 0 spiro atoms. The fraction of sp³-hybridized carbons (Fsp3) is 0.438. The molecule has 0 aliphatic carbocycles. The molecule has 2 aromatic rings. The monoisotopic (exact) mass is 316 g/mol. The van der Waals surface area contributed by atoms with E-state index >= 15 is 0 Å². The molecule has 0 bridgehead atoms. The molecule has 2 aromatic heterocycles. The maximum Gasteiger partial charge on any atom is 0.303 e. The smallest absolute Gasteiger partial charge is 0.303 e. The Labute approximate surface area is 134 Å². The van der Waals surface area contributed by atoms with E-state index in [0.29, 0.717) is 5.76 Å². The topological polar surface area (TPSA) is 71.7 Å². The highest BCUT2D eigenvalue weighted by atomic mass is 16.5. The van der Waals surface area contributed by atoms with Gasteiger partial charge >= 0.3 is 5.97 Å². The zero-order valence-corrected chi connectivity index (χ0v) is 13.1. The second kappa shape index (κ2) is 7.23. The van der Waals surface area contributed by atoms with E-state index < -0.39 is 0 Å². The van der Waals surface area contributed by atoms with E-state index in [1.807, 2.05) is 18.2 Å². The van der Waals surface area contributed by atoms with Gasteiger partial charge in [0.25, 0.3) is 0 Å². The molecule has 0 aromatic carbocycles. The number of hydrogen-bond donors (Lipinski definition) is 0. The van der Waals surface area contributed by atoms with Crippen molar-refractivity contribution in [2.24, 2.45) is 0 Å². The van der Waals surface area contributed by atoms with Gasteiger partial charge < -0.3 is 14.1 Å². The lowest BCUT2D eigenvalue weighted by atomic mass is 10.3. The van der Waals surface area contributed by atoms with Crippen LogP contribution in [-0.4, -0.2) is 47.0 Å². The largest absolute Gasteiger partial charge is 0.461 e. The molecule has 1 saturated heterocycles. The van der Waals surface area contributed by atoms with Crippen LogP contribution in [-0.2, 0) is 22.7 Å². The first-order valence-electron chi connectivity index (χ1n) is 7.66. The minimum Gasteiger partial charge on any atom is -0.461 e. The van der Waals surface area contributed by atoms with Crippen molar-refractivity contribution in [1.29, 1.82) is 0 Å². The van der Waals surface area contributed by atoms with Gasteiger partial charge in [-0.25, -0.2) is 9.97 Å². The molecule has 1 fully saturated rings. The molecule has 23 heavy (non-hydrogen) atoms. The van der Waals surface area contributed by atoms with Crippen LogP contribution < -0.4 is 4.90 Å². The number of rotatable bonds is 5. The quantitative estimate of drug-likeness (QED) is 0.773. The summed E-state index contributed by atoms with van der Waals surface area (Å²) in [4.78, 5) is 23.9. The molecule has 3 heterocycles. The number of ether oxygens (including phenoxy) is 1. The Balaban J connectivity index is 1.48. The molecule has 7 nitrogen and oxygen atoms in total. The Morgan fingerprint density at radius 1 is 1.17 bits per heavy atom. The molecular formula is C16H20N4O3. The highest BCUT2D eigenvalue weighted by Gasteiger charge is 2.19. The molecule has 3 rings (SSSR count). The van der Waals surface area contributed by atoms with Crippen molar-refractivity contribution in [3.63, 3.8) is 0 Å². The standard InChI is InChI=1S/C16H20N4O3/c1-13(21)22-12-15-4-3-14(23-15)11-19-7-9-20(10-8-19)16-17-5-2-6-18-16/h2-6H,7-12H2,1H3. The van der Waals surface area contributed by atoms with Crippen LogP contribution in [0.25, 0.3) is 0 Å². The van der Waals surface area contributed by atoms with Gasteiger partial charge in [-0.05, 0) is 18.2 Å². The van der Waals surface area contributed by atoms with Crippen molar-refractivity contribution >= 4 is 11.9 Å². The van der Waals surface area contributed by atoms with Crippen LogP contribution in [0.5, 0.6) is 0 Å². The van der Waals surface area contributed by atoms with Gasteiger partial charge in [-0.2, -0.15) is 0 Å². The summed E-state index contributed by atoms with van der Waals surface area (Å²) in [7, 11) is 0. The zero-order chi connectivity index (χ0) is 16.1. The second-order valence-electron chi connectivity index (χ2n) is 5.46. The number of hydrogen-bond acceptors (Lipinski definition) is 7. The van der Waals surface area contributed by atoms with Crippen LogP contribution in [0.1, 0.15) is 18.4 Å². The van der Waals surface area contributed by atoms with Gasteiger partial charge in [0.1, 0.15) is 18.1 Å². The number of nitrogens with zero attached hydrogens (tertiary/aromatic N) is 4. The Morgan fingerprint density at radius 2 is 1.87 bits per heavy atom. The lowest BCUT2D eigenvalue weighted by Crippen LogP contribution is -2.46. The summed E-state index contributed by atoms with van der Waals surface area (Å²) in [5, 5.41) is 0. The summed E-state index contributed by atoms with van der Waals surface area (Å²) >= 11 is 0. The summed E-state index contributed by atoms with van der Waals surface area (Å²) in [6, 6.07) is 5.61. The molecule has 0 N–H and O–H groups in total. The number of aromatic nitrogens is 2. The first-order valence-corrected chi connectivity index (χ1v) is 7.66. The number of furan rings is 1. The molecule has 0 radical (unpaired) electrons. The Bertz CT molecular complexity index is 636. The van der Waals surface area contributed by atoms with Crippen LogP contribution in [0.4, 0.5) is 5.95 Å². The van der Waals surface area contributed by atoms with Crippen molar-refractivity contribution in [2.45, 2.75) is 20.1 Å². The third-order valence-electron chi connectivity index (χ3n) is 3.72. The molecule has 122 valence electrons. The first kappa shape index (κ1) is 15.5. The second-order valence-corrected chi connectivity index (χ2v) is 5.46. The van der Waals surface area contributed by atoms with Crippen molar-refractivity contribution in [1.82, 2.24) is 14.9 Å². The van der Waals surface area contributed by atoms with Gasteiger partial charge in [0.15, 0.2) is 0 Å². The van der Waals surface area contributed by atoms with Gasteiger partial charge in [0, 0.05) is 45.5 Å². The number of anilines is 1. The summed E-state index contributed by atoms with van der Waals surface area (Å²) < 4.78 is 10.6. The highest BCUT2D eigenvalue weighted by Crippen LogP contribution is 2.15. The molecule has 0 atom stereocenters. The zero-order valence-electron chi connectivity index (χ0n) is 13.1. The summed E-state index contributed by atoms with van der Waals surface area (Å²) in [5.41, 5.74) is 0. The first-order chi connectivity index (χ1) is 11.2. The van der Waals surface area contributed by atoms with Crippen LogP contribution in [0, 0.1) is 0 Å². The van der Waals surface area contributed by atoms with E-state index in [0.717, 1.165) is 44.4 Å². The number of esters is 1. The lowest BCUT2D eigenvalue weighted by Gasteiger charge is -2.34. The Morgan fingerprint density at radius 3 is 2.57 bits per heavy atom. The maximum absolute atomic E-state index is 10.8. The fourth-order valence-corrected chi connectivity index (χ4v) is 2.54. The molecule has 0 saturated carbocycles. The summed E-state index contributed by atoms with van der Waals surface area (Å²) in [6.45, 7) is 5.98.